The Morgan fingerprint density at radius 3 is 3.00 bits per heavy atom. The van der Waals surface area contributed by atoms with E-state index in [1.165, 1.54) is 0 Å². The molecule has 0 radical (unpaired) electrons. The number of aryl methyl sites for hydroxylation is 1. The first kappa shape index (κ1) is 13.9. The first-order valence-electron chi connectivity index (χ1n) is 6.97. The summed E-state index contributed by atoms with van der Waals surface area (Å²) in [7, 11) is 0. The van der Waals surface area contributed by atoms with Gasteiger partial charge >= 0.3 is 0 Å². The van der Waals surface area contributed by atoms with E-state index in [9.17, 15) is 0 Å². The zero-order valence-electron chi connectivity index (χ0n) is 12.4. The molecule has 0 spiro atoms. The molecule has 0 unspecified atom stereocenters. The third-order valence-electron chi connectivity index (χ3n) is 2.98. The Kier molecular flexibility index (Phi) is 3.83. The van der Waals surface area contributed by atoms with Crippen molar-refractivity contribution in [3.8, 4) is 0 Å². The quantitative estimate of drug-likeness (QED) is 0.785. The zero-order chi connectivity index (χ0) is 14.8. The third kappa shape index (κ3) is 3.36. The highest BCUT2D eigenvalue weighted by Crippen LogP contribution is 2.18. The van der Waals surface area contributed by atoms with Gasteiger partial charge in [0.1, 0.15) is 5.01 Å². The van der Waals surface area contributed by atoms with Crippen molar-refractivity contribution in [3.05, 3.63) is 34.7 Å². The maximum absolute atomic E-state index is 4.39. The van der Waals surface area contributed by atoms with Crippen molar-refractivity contribution in [3.63, 3.8) is 0 Å². The third-order valence-corrected chi connectivity index (χ3v) is 3.89. The zero-order valence-corrected chi connectivity index (χ0v) is 13.2. The number of aromatic nitrogens is 5. The summed E-state index contributed by atoms with van der Waals surface area (Å²) in [5.74, 6) is 0.598. The molecule has 21 heavy (non-hydrogen) atoms. The maximum atomic E-state index is 4.39. The van der Waals surface area contributed by atoms with Crippen LogP contribution in [-0.4, -0.2) is 24.8 Å². The lowest BCUT2D eigenvalue weighted by Gasteiger charge is -2.02. The number of rotatable bonds is 5. The molecule has 0 bridgehead atoms. The van der Waals surface area contributed by atoms with Crippen LogP contribution in [0, 0.1) is 12.8 Å². The van der Waals surface area contributed by atoms with Crippen molar-refractivity contribution >= 4 is 22.1 Å². The summed E-state index contributed by atoms with van der Waals surface area (Å²) in [6.45, 7) is 6.99. The van der Waals surface area contributed by atoms with Crippen molar-refractivity contribution in [2.24, 2.45) is 5.92 Å². The molecule has 6 nitrogen and oxygen atoms in total. The maximum Gasteiger partial charge on any atom is 0.205 e. The molecule has 0 saturated carbocycles. The van der Waals surface area contributed by atoms with Crippen LogP contribution in [0.25, 0.3) is 5.65 Å². The van der Waals surface area contributed by atoms with Crippen molar-refractivity contribution in [2.75, 3.05) is 5.32 Å². The second-order valence-electron chi connectivity index (χ2n) is 5.50. The number of nitrogens with zero attached hydrogens (tertiary/aromatic N) is 5. The monoisotopic (exact) mass is 302 g/mol. The first-order valence-corrected chi connectivity index (χ1v) is 7.79. The molecule has 0 aliphatic heterocycles. The van der Waals surface area contributed by atoms with Gasteiger partial charge in [0, 0.05) is 37.0 Å². The summed E-state index contributed by atoms with van der Waals surface area (Å²) in [6, 6.07) is 1.96. The Labute approximate surface area is 127 Å². The van der Waals surface area contributed by atoms with Crippen molar-refractivity contribution in [2.45, 2.75) is 33.7 Å². The summed E-state index contributed by atoms with van der Waals surface area (Å²) in [5.41, 5.74) is 2.90. The lowest BCUT2D eigenvalue weighted by molar-refractivity contribution is 0.640. The van der Waals surface area contributed by atoms with E-state index in [0.717, 1.165) is 33.5 Å². The van der Waals surface area contributed by atoms with Gasteiger partial charge in [-0.2, -0.15) is 5.10 Å². The van der Waals surface area contributed by atoms with Gasteiger partial charge in [-0.05, 0) is 12.8 Å². The predicted octanol–water partition coefficient (Wildman–Crippen LogP) is 2.70. The SMILES string of the molecule is Cc1cc2ncc(CNc3nnc(CC(C)C)s3)cn2n1. The standard InChI is InChI=1S/C14H18N6S/c1-9(2)4-13-17-18-14(21-13)16-7-11-6-15-12-5-10(3)19-20(12)8-11/h5-6,8-9H,4,7H2,1-3H3,(H,16,18). The van der Waals surface area contributed by atoms with E-state index >= 15 is 0 Å². The van der Waals surface area contributed by atoms with Gasteiger partial charge in [-0.25, -0.2) is 9.50 Å². The minimum absolute atomic E-state index is 0.598. The molecule has 3 aromatic heterocycles. The molecule has 0 aliphatic rings. The normalized spacial score (nSPS) is 11.4. The van der Waals surface area contributed by atoms with Crippen LogP contribution in [0.3, 0.4) is 0 Å². The van der Waals surface area contributed by atoms with Gasteiger partial charge in [0.15, 0.2) is 5.65 Å². The van der Waals surface area contributed by atoms with Gasteiger partial charge in [-0.1, -0.05) is 25.2 Å². The number of anilines is 1. The van der Waals surface area contributed by atoms with Gasteiger partial charge in [0.25, 0.3) is 0 Å². The van der Waals surface area contributed by atoms with Gasteiger partial charge in [-0.3, -0.25) is 0 Å². The minimum Gasteiger partial charge on any atom is -0.356 e. The molecular formula is C14H18N6S. The topological polar surface area (TPSA) is 68.0 Å². The first-order chi connectivity index (χ1) is 10.1. The second-order valence-corrected chi connectivity index (χ2v) is 6.57. The molecule has 0 aromatic carbocycles. The Hall–Kier alpha value is -2.02. The van der Waals surface area contributed by atoms with Crippen LogP contribution in [-0.2, 0) is 13.0 Å². The van der Waals surface area contributed by atoms with E-state index in [4.69, 9.17) is 0 Å². The fraction of sp³-hybridized carbons (Fsp3) is 0.429. The molecule has 3 heterocycles. The molecule has 1 N–H and O–H groups in total. The smallest absolute Gasteiger partial charge is 0.205 e. The molecule has 0 amide bonds. The summed E-state index contributed by atoms with van der Waals surface area (Å²) in [6.07, 6.45) is 4.82. The average Bonchev–Trinajstić information content (AvgIpc) is 3.00. The minimum atomic E-state index is 0.598. The summed E-state index contributed by atoms with van der Waals surface area (Å²) in [4.78, 5) is 4.39. The number of nitrogens with one attached hydrogen (secondary N) is 1. The Morgan fingerprint density at radius 1 is 1.33 bits per heavy atom. The van der Waals surface area contributed by atoms with Gasteiger partial charge < -0.3 is 5.32 Å². The van der Waals surface area contributed by atoms with E-state index in [1.807, 2.05) is 25.4 Å². The highest BCUT2D eigenvalue weighted by Gasteiger charge is 2.06. The van der Waals surface area contributed by atoms with Crippen LogP contribution >= 0.6 is 11.3 Å². The number of fused-ring (bicyclic) bond motifs is 1. The fourth-order valence-electron chi connectivity index (χ4n) is 2.06. The second kappa shape index (κ2) is 5.77. The molecule has 7 heteroatoms. The van der Waals surface area contributed by atoms with E-state index in [1.54, 1.807) is 15.9 Å². The van der Waals surface area contributed by atoms with E-state index in [-0.39, 0.29) is 0 Å². The summed E-state index contributed by atoms with van der Waals surface area (Å²) < 4.78 is 1.80. The van der Waals surface area contributed by atoms with Crippen LogP contribution in [0.15, 0.2) is 18.5 Å². The van der Waals surface area contributed by atoms with Crippen molar-refractivity contribution in [1.29, 1.82) is 0 Å². The van der Waals surface area contributed by atoms with Gasteiger partial charge in [0.05, 0.1) is 5.69 Å². The Bertz CT molecular complexity index is 745. The molecule has 3 aromatic rings. The summed E-state index contributed by atoms with van der Waals surface area (Å²) in [5, 5.41) is 17.9. The van der Waals surface area contributed by atoms with E-state index in [0.29, 0.717) is 12.5 Å². The van der Waals surface area contributed by atoms with Crippen LogP contribution in [0.1, 0.15) is 30.1 Å². The molecule has 0 saturated heterocycles. The Morgan fingerprint density at radius 2 is 2.19 bits per heavy atom. The van der Waals surface area contributed by atoms with Gasteiger partial charge in [0.2, 0.25) is 5.13 Å². The molecule has 110 valence electrons. The van der Waals surface area contributed by atoms with Crippen molar-refractivity contribution in [1.82, 2.24) is 24.8 Å². The van der Waals surface area contributed by atoms with E-state index < -0.39 is 0 Å². The van der Waals surface area contributed by atoms with Gasteiger partial charge in [-0.15, -0.1) is 10.2 Å². The molecular weight excluding hydrogens is 284 g/mol. The number of hydrogen-bond donors (Lipinski definition) is 1. The predicted molar refractivity (Wildman–Crippen MR) is 83.5 cm³/mol. The number of hydrogen-bond acceptors (Lipinski definition) is 6. The van der Waals surface area contributed by atoms with Crippen LogP contribution in [0.2, 0.25) is 0 Å². The molecule has 0 atom stereocenters. The lowest BCUT2D eigenvalue weighted by atomic mass is 10.1. The Balaban J connectivity index is 1.66. The highest BCUT2D eigenvalue weighted by molar-refractivity contribution is 7.15. The summed E-state index contributed by atoms with van der Waals surface area (Å²) >= 11 is 1.61. The lowest BCUT2D eigenvalue weighted by Crippen LogP contribution is -2.02. The molecule has 3 rings (SSSR count). The fourth-order valence-corrected chi connectivity index (χ4v) is 3.01. The largest absolute Gasteiger partial charge is 0.356 e. The van der Waals surface area contributed by atoms with Crippen LogP contribution < -0.4 is 5.32 Å². The molecule has 0 fully saturated rings. The van der Waals surface area contributed by atoms with Crippen LogP contribution in [0.5, 0.6) is 0 Å². The van der Waals surface area contributed by atoms with Crippen molar-refractivity contribution < 1.29 is 0 Å². The average molecular weight is 302 g/mol. The van der Waals surface area contributed by atoms with E-state index in [2.05, 4.69) is 39.4 Å². The molecule has 0 aliphatic carbocycles. The van der Waals surface area contributed by atoms with Crippen LogP contribution in [0.4, 0.5) is 5.13 Å². The highest BCUT2D eigenvalue weighted by atomic mass is 32.1.